The number of carbonyl (C=O) groups excluding carboxylic acids is 1. The summed E-state index contributed by atoms with van der Waals surface area (Å²) in [6.07, 6.45) is 1.61. The minimum atomic E-state index is -0.314. The zero-order valence-electron chi connectivity index (χ0n) is 17.8. The summed E-state index contributed by atoms with van der Waals surface area (Å²) in [5.74, 6) is -0.314. The molecule has 0 aliphatic carbocycles. The predicted molar refractivity (Wildman–Crippen MR) is 129 cm³/mol. The molecule has 1 aromatic heterocycles. The van der Waals surface area contributed by atoms with Crippen molar-refractivity contribution in [2.75, 3.05) is 16.5 Å². The second kappa shape index (κ2) is 9.22. The Morgan fingerprint density at radius 2 is 1.76 bits per heavy atom. The second-order valence-electron chi connectivity index (χ2n) is 7.40. The fourth-order valence-corrected chi connectivity index (χ4v) is 3.65. The molecule has 0 aliphatic rings. The first kappa shape index (κ1) is 21.6. The molecule has 0 atom stereocenters. The molecule has 3 aromatic carbocycles. The van der Waals surface area contributed by atoms with Gasteiger partial charge in [-0.05, 0) is 60.0 Å². The molecule has 33 heavy (non-hydrogen) atoms. The number of nitrogens with zero attached hydrogens (tertiary/aromatic N) is 2. The number of nitrogens with two attached hydrogens (primary N) is 1. The summed E-state index contributed by atoms with van der Waals surface area (Å²) in [6, 6.07) is 23.7. The van der Waals surface area contributed by atoms with Crippen LogP contribution in [0.15, 0.2) is 79.0 Å². The molecule has 0 saturated carbocycles. The molecular formula is C26H21N5O2. The van der Waals surface area contributed by atoms with Gasteiger partial charge in [-0.2, -0.15) is 5.26 Å². The number of nitrogen functional groups attached to an aromatic ring is 1. The lowest BCUT2D eigenvalue weighted by atomic mass is 9.98. The van der Waals surface area contributed by atoms with Gasteiger partial charge in [0.05, 0.1) is 34.3 Å². The molecule has 0 fully saturated rings. The van der Waals surface area contributed by atoms with Crippen molar-refractivity contribution >= 4 is 23.0 Å². The van der Waals surface area contributed by atoms with Crippen LogP contribution in [0, 0.1) is 18.3 Å². The van der Waals surface area contributed by atoms with Gasteiger partial charge in [-0.1, -0.05) is 36.4 Å². The fraction of sp³-hybridized carbons (Fsp3) is 0.0385. The van der Waals surface area contributed by atoms with Crippen molar-refractivity contribution in [3.05, 3.63) is 95.7 Å². The van der Waals surface area contributed by atoms with Crippen molar-refractivity contribution < 1.29 is 10.0 Å². The van der Waals surface area contributed by atoms with Gasteiger partial charge in [-0.15, -0.1) is 0 Å². The van der Waals surface area contributed by atoms with Crippen LogP contribution >= 0.6 is 0 Å². The maximum atomic E-state index is 13.1. The lowest BCUT2D eigenvalue weighted by molar-refractivity contribution is 0.102. The number of hydrogen-bond donors (Lipinski definition) is 4. The van der Waals surface area contributed by atoms with E-state index in [0.717, 1.165) is 11.1 Å². The maximum absolute atomic E-state index is 13.1. The van der Waals surface area contributed by atoms with Crippen molar-refractivity contribution in [2.24, 2.45) is 0 Å². The highest BCUT2D eigenvalue weighted by atomic mass is 16.5. The molecule has 4 rings (SSSR count). The molecular weight excluding hydrogens is 414 g/mol. The van der Waals surface area contributed by atoms with Crippen molar-refractivity contribution in [2.45, 2.75) is 6.92 Å². The van der Waals surface area contributed by atoms with E-state index in [1.54, 1.807) is 55.6 Å². The number of nitriles is 1. The highest BCUT2D eigenvalue weighted by molar-refractivity contribution is 6.08. The molecule has 0 saturated heterocycles. The Labute approximate surface area is 191 Å². The first-order valence-corrected chi connectivity index (χ1v) is 10.2. The molecule has 0 radical (unpaired) electrons. The third kappa shape index (κ3) is 4.24. The van der Waals surface area contributed by atoms with Gasteiger partial charge in [0.25, 0.3) is 5.91 Å². The fourth-order valence-electron chi connectivity index (χ4n) is 3.65. The summed E-state index contributed by atoms with van der Waals surface area (Å²) in [5, 5.41) is 21.4. The molecule has 162 valence electrons. The molecule has 0 bridgehead atoms. The van der Waals surface area contributed by atoms with Crippen LogP contribution in [0.1, 0.15) is 21.5 Å². The summed E-state index contributed by atoms with van der Waals surface area (Å²) >= 11 is 0. The minimum absolute atomic E-state index is 0.314. The molecule has 0 aliphatic heterocycles. The Kier molecular flexibility index (Phi) is 6.02. The summed E-state index contributed by atoms with van der Waals surface area (Å²) in [5.41, 5.74) is 14.1. The van der Waals surface area contributed by atoms with Gasteiger partial charge < -0.3 is 11.1 Å². The SMILES string of the molecule is Cc1c(-c2ncccc2C(=O)Nc2ccc(-c3ccccc3C#N)cc2)ccc(NO)c1N. The predicted octanol–water partition coefficient (Wildman–Crippen LogP) is 5.23. The van der Waals surface area contributed by atoms with E-state index >= 15 is 0 Å². The summed E-state index contributed by atoms with van der Waals surface area (Å²) in [6.45, 7) is 1.81. The normalized spacial score (nSPS) is 10.3. The Morgan fingerprint density at radius 3 is 2.48 bits per heavy atom. The van der Waals surface area contributed by atoms with Crippen LogP contribution in [-0.2, 0) is 0 Å². The van der Waals surface area contributed by atoms with Gasteiger partial charge in [0.2, 0.25) is 0 Å². The Balaban J connectivity index is 1.62. The molecule has 7 nitrogen and oxygen atoms in total. The first-order chi connectivity index (χ1) is 16.0. The number of benzene rings is 3. The van der Waals surface area contributed by atoms with Crippen LogP contribution < -0.4 is 16.5 Å². The number of nitrogens with one attached hydrogen (secondary N) is 2. The van der Waals surface area contributed by atoms with Crippen LogP contribution in [0.2, 0.25) is 0 Å². The zero-order chi connectivity index (χ0) is 23.4. The smallest absolute Gasteiger partial charge is 0.257 e. The zero-order valence-corrected chi connectivity index (χ0v) is 17.8. The number of amides is 1. The first-order valence-electron chi connectivity index (χ1n) is 10.2. The monoisotopic (exact) mass is 435 g/mol. The van der Waals surface area contributed by atoms with Crippen LogP contribution in [0.5, 0.6) is 0 Å². The number of carbonyl (C=O) groups is 1. The van der Waals surface area contributed by atoms with Crippen LogP contribution in [0.4, 0.5) is 17.1 Å². The molecule has 7 heteroatoms. The quantitative estimate of drug-likeness (QED) is 0.251. The van der Waals surface area contributed by atoms with Gasteiger partial charge in [0, 0.05) is 17.4 Å². The second-order valence-corrected chi connectivity index (χ2v) is 7.40. The largest absolute Gasteiger partial charge is 0.397 e. The highest BCUT2D eigenvalue weighted by Crippen LogP contribution is 2.33. The van der Waals surface area contributed by atoms with Crippen molar-refractivity contribution in [1.29, 1.82) is 5.26 Å². The Morgan fingerprint density at radius 1 is 1.00 bits per heavy atom. The van der Waals surface area contributed by atoms with Crippen molar-refractivity contribution in [3.63, 3.8) is 0 Å². The van der Waals surface area contributed by atoms with Gasteiger partial charge in [-0.25, -0.2) is 0 Å². The number of aromatic nitrogens is 1. The van der Waals surface area contributed by atoms with E-state index in [-0.39, 0.29) is 5.91 Å². The van der Waals surface area contributed by atoms with Crippen LogP contribution in [0.25, 0.3) is 22.4 Å². The molecule has 1 heterocycles. The number of anilines is 3. The van der Waals surface area contributed by atoms with E-state index in [1.807, 2.05) is 30.3 Å². The van der Waals surface area contributed by atoms with Gasteiger partial charge in [-0.3, -0.25) is 20.5 Å². The summed E-state index contributed by atoms with van der Waals surface area (Å²) in [7, 11) is 0. The Bertz CT molecular complexity index is 1370. The molecule has 4 aromatic rings. The number of hydrogen-bond acceptors (Lipinski definition) is 6. The third-order valence-corrected chi connectivity index (χ3v) is 5.44. The maximum Gasteiger partial charge on any atom is 0.257 e. The molecule has 0 spiro atoms. The van der Waals surface area contributed by atoms with Crippen molar-refractivity contribution in [1.82, 2.24) is 4.98 Å². The number of rotatable bonds is 5. The van der Waals surface area contributed by atoms with Crippen LogP contribution in [0.3, 0.4) is 0 Å². The molecule has 0 unspecified atom stereocenters. The summed E-state index contributed by atoms with van der Waals surface area (Å²) < 4.78 is 0. The summed E-state index contributed by atoms with van der Waals surface area (Å²) in [4.78, 5) is 17.5. The molecule has 5 N–H and O–H groups in total. The van der Waals surface area contributed by atoms with E-state index in [4.69, 9.17) is 5.73 Å². The van der Waals surface area contributed by atoms with E-state index in [0.29, 0.717) is 45.0 Å². The average Bonchev–Trinajstić information content (AvgIpc) is 2.86. The average molecular weight is 435 g/mol. The lowest BCUT2D eigenvalue weighted by Gasteiger charge is -2.15. The van der Waals surface area contributed by atoms with Gasteiger partial charge >= 0.3 is 0 Å². The van der Waals surface area contributed by atoms with E-state index in [2.05, 4.69) is 21.9 Å². The van der Waals surface area contributed by atoms with E-state index in [9.17, 15) is 15.3 Å². The standard InChI is InChI=1S/C26H21N5O2/c1-16-20(12-13-23(31-33)24(16)28)25-22(7-4-14-29-25)26(32)30-19-10-8-17(9-11-19)21-6-3-2-5-18(21)15-27/h2-14,31,33H,28H2,1H3,(H,30,32). The topological polar surface area (TPSA) is 124 Å². The third-order valence-electron chi connectivity index (χ3n) is 5.44. The minimum Gasteiger partial charge on any atom is -0.397 e. The van der Waals surface area contributed by atoms with E-state index in [1.165, 1.54) is 0 Å². The van der Waals surface area contributed by atoms with Crippen LogP contribution in [-0.4, -0.2) is 16.1 Å². The van der Waals surface area contributed by atoms with E-state index < -0.39 is 0 Å². The highest BCUT2D eigenvalue weighted by Gasteiger charge is 2.18. The molecule has 1 amide bonds. The number of pyridine rings is 1. The van der Waals surface area contributed by atoms with Gasteiger partial charge in [0.1, 0.15) is 0 Å². The Hall–Kier alpha value is -4.67. The van der Waals surface area contributed by atoms with Crippen molar-refractivity contribution in [3.8, 4) is 28.5 Å². The van der Waals surface area contributed by atoms with Gasteiger partial charge in [0.15, 0.2) is 0 Å². The lowest BCUT2D eigenvalue weighted by Crippen LogP contribution is -2.14.